The molecule has 0 saturated heterocycles. The first kappa shape index (κ1) is 19.0. The molecule has 0 aliphatic carbocycles. The molecular weight excluding hydrogens is 362 g/mol. The van der Waals surface area contributed by atoms with Crippen LogP contribution in [0.1, 0.15) is 31.3 Å². The van der Waals surface area contributed by atoms with Gasteiger partial charge < -0.3 is 11.2 Å². The molecule has 0 aliphatic rings. The molecule has 0 spiro atoms. The van der Waals surface area contributed by atoms with E-state index in [1.165, 1.54) is 31.2 Å². The smallest absolute Gasteiger partial charge is 0.349 e. The summed E-state index contributed by atoms with van der Waals surface area (Å²) in [7, 11) is 0. The van der Waals surface area contributed by atoms with Gasteiger partial charge in [0, 0.05) is 0 Å². The largest absolute Gasteiger partial charge is 0.453 e. The van der Waals surface area contributed by atoms with Crippen LogP contribution in [0, 0.1) is 5.82 Å². The zero-order valence-electron chi connectivity index (χ0n) is 13.2. The number of hydrogen-bond donors (Lipinski definition) is 2. The van der Waals surface area contributed by atoms with Gasteiger partial charge in [0.2, 0.25) is 11.1 Å². The van der Waals surface area contributed by atoms with Gasteiger partial charge in [0.1, 0.15) is 5.82 Å². The van der Waals surface area contributed by atoms with E-state index in [2.05, 4.69) is 15.5 Å². The Morgan fingerprint density at radius 2 is 1.84 bits per heavy atom. The molecular formula is C14H15F4N5OS. The molecule has 2 atom stereocenters. The van der Waals surface area contributed by atoms with E-state index in [9.17, 15) is 22.4 Å². The van der Waals surface area contributed by atoms with E-state index in [1.807, 2.05) is 0 Å². The molecule has 0 bridgehead atoms. The second-order valence-electron chi connectivity index (χ2n) is 5.22. The van der Waals surface area contributed by atoms with Crippen molar-refractivity contribution in [2.24, 2.45) is 0 Å². The number of nitrogens with one attached hydrogen (secondary N) is 1. The van der Waals surface area contributed by atoms with Crippen molar-refractivity contribution in [3.8, 4) is 0 Å². The monoisotopic (exact) mass is 377 g/mol. The topological polar surface area (TPSA) is 85.8 Å². The number of benzene rings is 1. The van der Waals surface area contributed by atoms with Gasteiger partial charge in [-0.15, -0.1) is 10.2 Å². The molecule has 1 aromatic heterocycles. The summed E-state index contributed by atoms with van der Waals surface area (Å²) in [5, 5.41) is 8.04. The number of thioether (sulfide) groups is 1. The van der Waals surface area contributed by atoms with Crippen LogP contribution in [0.2, 0.25) is 0 Å². The Labute approximate surface area is 144 Å². The molecule has 25 heavy (non-hydrogen) atoms. The summed E-state index contributed by atoms with van der Waals surface area (Å²) in [4.78, 5) is 12.2. The van der Waals surface area contributed by atoms with Crippen molar-refractivity contribution in [1.82, 2.24) is 20.2 Å². The number of carbonyl (C=O) groups excluding carboxylic acids is 1. The van der Waals surface area contributed by atoms with Crippen LogP contribution in [-0.4, -0.2) is 26.0 Å². The zero-order valence-corrected chi connectivity index (χ0v) is 14.0. The molecule has 6 nitrogen and oxygen atoms in total. The molecule has 3 N–H and O–H groups in total. The number of carbonyl (C=O) groups is 1. The van der Waals surface area contributed by atoms with Crippen LogP contribution in [0.5, 0.6) is 0 Å². The van der Waals surface area contributed by atoms with Gasteiger partial charge in [-0.3, -0.25) is 4.79 Å². The third-order valence-electron chi connectivity index (χ3n) is 3.30. The summed E-state index contributed by atoms with van der Waals surface area (Å²) in [6.45, 7) is 3.20. The van der Waals surface area contributed by atoms with E-state index in [-0.39, 0.29) is 5.16 Å². The van der Waals surface area contributed by atoms with Gasteiger partial charge in [0.05, 0.1) is 11.3 Å². The Morgan fingerprint density at radius 3 is 2.36 bits per heavy atom. The molecule has 2 aromatic rings. The average molecular weight is 377 g/mol. The van der Waals surface area contributed by atoms with Gasteiger partial charge in [-0.05, 0) is 31.5 Å². The van der Waals surface area contributed by atoms with E-state index < -0.39 is 35.0 Å². The van der Waals surface area contributed by atoms with Gasteiger partial charge in [-0.25, -0.2) is 9.07 Å². The molecule has 0 aliphatic heterocycles. The van der Waals surface area contributed by atoms with Crippen molar-refractivity contribution in [2.45, 2.75) is 36.5 Å². The fourth-order valence-electron chi connectivity index (χ4n) is 1.93. The minimum Gasteiger partial charge on any atom is -0.349 e. The minimum absolute atomic E-state index is 0.232. The van der Waals surface area contributed by atoms with Gasteiger partial charge >= 0.3 is 6.18 Å². The van der Waals surface area contributed by atoms with Crippen LogP contribution in [-0.2, 0) is 11.0 Å². The second-order valence-corrected chi connectivity index (χ2v) is 6.52. The third-order valence-corrected chi connectivity index (χ3v) is 4.36. The lowest BCUT2D eigenvalue weighted by atomic mass is 10.1. The Balaban J connectivity index is 2.01. The van der Waals surface area contributed by atoms with Crippen molar-refractivity contribution in [3.05, 3.63) is 41.5 Å². The predicted molar refractivity (Wildman–Crippen MR) is 83.5 cm³/mol. The average Bonchev–Trinajstić information content (AvgIpc) is 2.88. The maximum absolute atomic E-state index is 12.9. The highest BCUT2D eigenvalue weighted by Crippen LogP contribution is 2.30. The Bertz CT molecular complexity index is 747. The Kier molecular flexibility index (Phi) is 5.55. The number of halogens is 4. The highest BCUT2D eigenvalue weighted by atomic mass is 32.2. The van der Waals surface area contributed by atoms with E-state index in [0.29, 0.717) is 10.2 Å². The molecule has 1 amide bonds. The fraction of sp³-hybridized carbons (Fsp3) is 0.357. The number of aromatic nitrogens is 3. The maximum Gasteiger partial charge on any atom is 0.453 e. The van der Waals surface area contributed by atoms with E-state index in [1.54, 1.807) is 6.92 Å². The standard InChI is InChI=1S/C14H15F4N5OS/c1-7(9-3-5-10(15)6-4-9)20-11(24)8(2)25-13-22-21-12(23(13)19)14(16,17)18/h3-8H,19H2,1-2H3,(H,20,24). The molecule has 2 unspecified atom stereocenters. The lowest BCUT2D eigenvalue weighted by Gasteiger charge is -2.17. The second kappa shape index (κ2) is 7.30. The number of nitrogen functional groups attached to an aromatic ring is 1. The minimum atomic E-state index is -4.73. The van der Waals surface area contributed by atoms with Crippen molar-refractivity contribution in [2.75, 3.05) is 5.84 Å². The van der Waals surface area contributed by atoms with Crippen molar-refractivity contribution >= 4 is 17.7 Å². The number of hydrogen-bond acceptors (Lipinski definition) is 5. The first-order valence-corrected chi connectivity index (χ1v) is 7.97. The van der Waals surface area contributed by atoms with Crippen molar-refractivity contribution < 1.29 is 22.4 Å². The van der Waals surface area contributed by atoms with Gasteiger partial charge in [-0.1, -0.05) is 23.9 Å². The highest BCUT2D eigenvalue weighted by molar-refractivity contribution is 8.00. The molecule has 1 heterocycles. The van der Waals surface area contributed by atoms with E-state index in [0.717, 1.165) is 11.8 Å². The first-order valence-electron chi connectivity index (χ1n) is 7.09. The normalized spacial score (nSPS) is 14.2. The van der Waals surface area contributed by atoms with E-state index >= 15 is 0 Å². The number of alkyl halides is 3. The quantitative estimate of drug-likeness (QED) is 0.475. The van der Waals surface area contributed by atoms with Crippen LogP contribution in [0.3, 0.4) is 0 Å². The summed E-state index contributed by atoms with van der Waals surface area (Å²) in [6.07, 6.45) is -4.73. The molecule has 2 rings (SSSR count). The number of nitrogens with zero attached hydrogens (tertiary/aromatic N) is 3. The predicted octanol–water partition coefficient (Wildman–Crippen LogP) is 2.51. The molecule has 11 heteroatoms. The lowest BCUT2D eigenvalue weighted by molar-refractivity contribution is -0.146. The molecule has 1 aromatic carbocycles. The van der Waals surface area contributed by atoms with Crippen molar-refractivity contribution in [3.63, 3.8) is 0 Å². The summed E-state index contributed by atoms with van der Waals surface area (Å²) in [5.41, 5.74) is 0.688. The van der Waals surface area contributed by atoms with Gasteiger partial charge in [-0.2, -0.15) is 13.2 Å². The molecule has 0 fully saturated rings. The summed E-state index contributed by atoms with van der Waals surface area (Å²) in [5.74, 6) is 3.16. The van der Waals surface area contributed by atoms with Gasteiger partial charge in [0.25, 0.3) is 5.82 Å². The zero-order chi connectivity index (χ0) is 18.8. The molecule has 136 valence electrons. The van der Waals surface area contributed by atoms with Crippen LogP contribution >= 0.6 is 11.8 Å². The van der Waals surface area contributed by atoms with E-state index in [4.69, 9.17) is 5.84 Å². The number of amides is 1. The maximum atomic E-state index is 12.9. The first-order chi connectivity index (χ1) is 11.6. The van der Waals surface area contributed by atoms with Crippen LogP contribution in [0.15, 0.2) is 29.4 Å². The van der Waals surface area contributed by atoms with Crippen LogP contribution in [0.4, 0.5) is 17.6 Å². The summed E-state index contributed by atoms with van der Waals surface area (Å²) in [6, 6.07) is 5.20. The SMILES string of the molecule is CC(Sc1nnc(C(F)(F)F)n1N)C(=O)NC(C)c1ccc(F)cc1. The fourth-order valence-corrected chi connectivity index (χ4v) is 2.71. The summed E-state index contributed by atoms with van der Waals surface area (Å²) >= 11 is 0.747. The van der Waals surface area contributed by atoms with Crippen molar-refractivity contribution in [1.29, 1.82) is 0 Å². The Hall–Kier alpha value is -2.30. The third kappa shape index (κ3) is 4.62. The van der Waals surface area contributed by atoms with Gasteiger partial charge in [0.15, 0.2) is 0 Å². The summed E-state index contributed by atoms with van der Waals surface area (Å²) < 4.78 is 51.1. The molecule has 0 radical (unpaired) electrons. The molecule has 0 saturated carbocycles. The number of rotatable bonds is 5. The number of nitrogens with two attached hydrogens (primary N) is 1. The Morgan fingerprint density at radius 1 is 1.24 bits per heavy atom. The lowest BCUT2D eigenvalue weighted by Crippen LogP contribution is -2.33. The van der Waals surface area contributed by atoms with Crippen LogP contribution in [0.25, 0.3) is 0 Å². The highest BCUT2D eigenvalue weighted by Gasteiger charge is 2.38. The van der Waals surface area contributed by atoms with Crippen LogP contribution < -0.4 is 11.2 Å².